The van der Waals surface area contributed by atoms with Gasteiger partial charge in [-0.05, 0) is 23.8 Å². The van der Waals surface area contributed by atoms with Gasteiger partial charge < -0.3 is 4.90 Å². The number of amides is 1. The van der Waals surface area contributed by atoms with Crippen LogP contribution in [0.3, 0.4) is 0 Å². The summed E-state index contributed by atoms with van der Waals surface area (Å²) in [5.41, 5.74) is 2.23. The minimum Gasteiger partial charge on any atom is -0.340 e. The fraction of sp³-hybridized carbons (Fsp3) is 0.300. The molecule has 1 aliphatic rings. The van der Waals surface area contributed by atoms with Crippen LogP contribution in [0.5, 0.6) is 0 Å². The van der Waals surface area contributed by atoms with Crippen LogP contribution in [0.2, 0.25) is 0 Å². The van der Waals surface area contributed by atoms with E-state index in [0.717, 1.165) is 38.2 Å². The lowest BCUT2D eigenvalue weighted by Gasteiger charge is -2.34. The molecule has 6 heteroatoms. The van der Waals surface area contributed by atoms with E-state index < -0.39 is 0 Å². The van der Waals surface area contributed by atoms with E-state index in [2.05, 4.69) is 32.0 Å². The van der Waals surface area contributed by atoms with Crippen molar-refractivity contribution in [1.82, 2.24) is 24.8 Å². The number of para-hydroxylation sites is 1. The quantitative estimate of drug-likeness (QED) is 0.721. The number of carbonyl (C=O) groups is 1. The molecule has 2 aromatic heterocycles. The van der Waals surface area contributed by atoms with Crippen molar-refractivity contribution in [2.45, 2.75) is 13.0 Å². The molecule has 3 heterocycles. The first-order valence-electron chi connectivity index (χ1n) is 8.87. The summed E-state index contributed by atoms with van der Waals surface area (Å²) in [6.45, 7) is 4.09. The van der Waals surface area contributed by atoms with E-state index in [4.69, 9.17) is 0 Å². The molecule has 132 valence electrons. The zero-order valence-corrected chi connectivity index (χ0v) is 14.6. The minimum absolute atomic E-state index is 0.100. The zero-order chi connectivity index (χ0) is 17.8. The highest BCUT2D eigenvalue weighted by Gasteiger charge is 2.21. The summed E-state index contributed by atoms with van der Waals surface area (Å²) in [6, 6.07) is 12.1. The van der Waals surface area contributed by atoms with Gasteiger partial charge in [0.15, 0.2) is 0 Å². The number of carbonyl (C=O) groups excluding carboxylic acids is 1. The second-order valence-corrected chi connectivity index (χ2v) is 6.53. The first-order chi connectivity index (χ1) is 12.8. The summed E-state index contributed by atoms with van der Waals surface area (Å²) < 4.78 is 0. The van der Waals surface area contributed by atoms with Crippen LogP contribution in [-0.4, -0.2) is 56.8 Å². The Morgan fingerprint density at radius 2 is 1.73 bits per heavy atom. The number of piperazine rings is 1. The second kappa shape index (κ2) is 7.58. The minimum atomic E-state index is 0.100. The van der Waals surface area contributed by atoms with Crippen molar-refractivity contribution in [3.05, 3.63) is 66.4 Å². The summed E-state index contributed by atoms with van der Waals surface area (Å²) in [4.78, 5) is 29.5. The van der Waals surface area contributed by atoms with Crippen molar-refractivity contribution in [2.75, 3.05) is 26.2 Å². The van der Waals surface area contributed by atoms with Crippen molar-refractivity contribution in [3.8, 4) is 0 Å². The maximum absolute atomic E-state index is 12.4. The van der Waals surface area contributed by atoms with Gasteiger partial charge in [-0.2, -0.15) is 0 Å². The average molecular weight is 347 g/mol. The molecule has 0 atom stereocenters. The molecular weight excluding hydrogens is 326 g/mol. The van der Waals surface area contributed by atoms with Crippen molar-refractivity contribution < 1.29 is 4.79 Å². The van der Waals surface area contributed by atoms with Crippen molar-refractivity contribution in [2.24, 2.45) is 0 Å². The molecule has 0 unspecified atom stereocenters. The van der Waals surface area contributed by atoms with Crippen molar-refractivity contribution in [1.29, 1.82) is 0 Å². The van der Waals surface area contributed by atoms with E-state index in [0.29, 0.717) is 5.82 Å². The predicted octanol–water partition coefficient (Wildman–Crippen LogP) is 1.91. The largest absolute Gasteiger partial charge is 0.340 e. The standard InChI is InChI=1S/C20H21N5O/c26-20(13-19-21-6-3-7-22-19)25-10-8-24(9-11-25)15-16-12-17-4-1-2-5-18(17)23-14-16/h1-7,12,14H,8-11,13,15H2. The highest BCUT2D eigenvalue weighted by atomic mass is 16.2. The molecular formula is C20H21N5O. The molecule has 0 bridgehead atoms. The van der Waals surface area contributed by atoms with Gasteiger partial charge in [-0.3, -0.25) is 14.7 Å². The van der Waals surface area contributed by atoms with Gasteiger partial charge in [0, 0.05) is 56.7 Å². The van der Waals surface area contributed by atoms with Gasteiger partial charge in [0.2, 0.25) is 5.91 Å². The van der Waals surface area contributed by atoms with E-state index in [9.17, 15) is 4.79 Å². The van der Waals surface area contributed by atoms with Gasteiger partial charge in [0.25, 0.3) is 0 Å². The van der Waals surface area contributed by atoms with E-state index in [1.54, 1.807) is 18.5 Å². The molecule has 0 N–H and O–H groups in total. The number of pyridine rings is 1. The molecule has 0 aliphatic carbocycles. The molecule has 1 fully saturated rings. The smallest absolute Gasteiger partial charge is 0.230 e. The summed E-state index contributed by atoms with van der Waals surface area (Å²) >= 11 is 0. The third-order valence-corrected chi connectivity index (χ3v) is 4.71. The van der Waals surface area contributed by atoms with Crippen LogP contribution in [0, 0.1) is 0 Å². The van der Waals surface area contributed by atoms with Crippen LogP contribution in [-0.2, 0) is 17.8 Å². The molecule has 1 saturated heterocycles. The van der Waals surface area contributed by atoms with E-state index in [1.807, 2.05) is 29.3 Å². The first-order valence-corrected chi connectivity index (χ1v) is 8.87. The summed E-state index contributed by atoms with van der Waals surface area (Å²) in [6.07, 6.45) is 5.57. The Balaban J connectivity index is 1.32. The Kier molecular flexibility index (Phi) is 4.84. The van der Waals surface area contributed by atoms with Gasteiger partial charge in [-0.1, -0.05) is 18.2 Å². The lowest BCUT2D eigenvalue weighted by Crippen LogP contribution is -2.48. The molecule has 26 heavy (non-hydrogen) atoms. The Hall–Kier alpha value is -2.86. The Labute approximate surface area is 152 Å². The third kappa shape index (κ3) is 3.86. The molecule has 6 nitrogen and oxygen atoms in total. The SMILES string of the molecule is O=C(Cc1ncccn1)N1CCN(Cc2cnc3ccccc3c2)CC1. The third-order valence-electron chi connectivity index (χ3n) is 4.71. The normalized spacial score (nSPS) is 15.3. The van der Waals surface area contributed by atoms with Gasteiger partial charge in [0.05, 0.1) is 11.9 Å². The van der Waals surface area contributed by atoms with E-state index in [1.165, 1.54) is 10.9 Å². The fourth-order valence-electron chi connectivity index (χ4n) is 3.28. The molecule has 0 radical (unpaired) electrons. The van der Waals surface area contributed by atoms with Crippen LogP contribution in [0.4, 0.5) is 0 Å². The highest BCUT2D eigenvalue weighted by Crippen LogP contribution is 2.15. The van der Waals surface area contributed by atoms with Crippen LogP contribution in [0.15, 0.2) is 55.0 Å². The molecule has 1 aromatic carbocycles. The maximum atomic E-state index is 12.4. The molecule has 1 aliphatic heterocycles. The summed E-state index contributed by atoms with van der Waals surface area (Å²) in [5.74, 6) is 0.686. The summed E-state index contributed by atoms with van der Waals surface area (Å²) in [7, 11) is 0. The van der Waals surface area contributed by atoms with Crippen LogP contribution in [0.25, 0.3) is 10.9 Å². The van der Waals surface area contributed by atoms with Crippen LogP contribution >= 0.6 is 0 Å². The lowest BCUT2D eigenvalue weighted by molar-refractivity contribution is -0.132. The number of benzene rings is 1. The topological polar surface area (TPSA) is 62.2 Å². The number of nitrogens with zero attached hydrogens (tertiary/aromatic N) is 5. The first kappa shape index (κ1) is 16.6. The Morgan fingerprint density at radius 3 is 2.54 bits per heavy atom. The van der Waals surface area contributed by atoms with E-state index in [-0.39, 0.29) is 12.3 Å². The van der Waals surface area contributed by atoms with Gasteiger partial charge in [-0.15, -0.1) is 0 Å². The maximum Gasteiger partial charge on any atom is 0.230 e. The monoisotopic (exact) mass is 347 g/mol. The molecule has 1 amide bonds. The average Bonchev–Trinajstić information content (AvgIpc) is 2.69. The van der Waals surface area contributed by atoms with Gasteiger partial charge >= 0.3 is 0 Å². The number of aromatic nitrogens is 3. The number of hydrogen-bond acceptors (Lipinski definition) is 5. The Morgan fingerprint density at radius 1 is 0.962 bits per heavy atom. The van der Waals surface area contributed by atoms with E-state index >= 15 is 0 Å². The zero-order valence-electron chi connectivity index (χ0n) is 14.6. The molecule has 3 aromatic rings. The van der Waals surface area contributed by atoms with Crippen LogP contribution < -0.4 is 0 Å². The molecule has 4 rings (SSSR count). The van der Waals surface area contributed by atoms with Crippen LogP contribution in [0.1, 0.15) is 11.4 Å². The molecule has 0 spiro atoms. The van der Waals surface area contributed by atoms with Gasteiger partial charge in [0.1, 0.15) is 5.82 Å². The lowest BCUT2D eigenvalue weighted by atomic mass is 10.1. The van der Waals surface area contributed by atoms with Crippen molar-refractivity contribution in [3.63, 3.8) is 0 Å². The number of rotatable bonds is 4. The second-order valence-electron chi connectivity index (χ2n) is 6.53. The fourth-order valence-corrected chi connectivity index (χ4v) is 3.28. The summed E-state index contributed by atoms with van der Waals surface area (Å²) in [5, 5.41) is 1.17. The molecule has 0 saturated carbocycles. The highest BCUT2D eigenvalue weighted by molar-refractivity contribution is 5.79. The van der Waals surface area contributed by atoms with Crippen molar-refractivity contribution >= 4 is 16.8 Å². The number of fused-ring (bicyclic) bond motifs is 1. The number of hydrogen-bond donors (Lipinski definition) is 0. The van der Waals surface area contributed by atoms with Gasteiger partial charge in [-0.25, -0.2) is 9.97 Å². The Bertz CT molecular complexity index is 891. The predicted molar refractivity (Wildman–Crippen MR) is 99.3 cm³/mol.